The van der Waals surface area contributed by atoms with Gasteiger partial charge in [0.05, 0.1) is 23.9 Å². The van der Waals surface area contributed by atoms with Crippen molar-refractivity contribution in [2.24, 2.45) is 0 Å². The van der Waals surface area contributed by atoms with Crippen LogP contribution in [-0.4, -0.2) is 45.9 Å². The molecule has 2 aromatic carbocycles. The van der Waals surface area contributed by atoms with Gasteiger partial charge in [0.1, 0.15) is 18.1 Å². The maximum absolute atomic E-state index is 13.4. The summed E-state index contributed by atoms with van der Waals surface area (Å²) >= 11 is 6.07. The monoisotopic (exact) mass is 445 g/mol. The number of nitriles is 1. The van der Waals surface area contributed by atoms with Crippen LogP contribution in [0.4, 0.5) is 5.69 Å². The van der Waals surface area contributed by atoms with Crippen molar-refractivity contribution in [2.75, 3.05) is 24.5 Å². The molecule has 0 saturated carbocycles. The van der Waals surface area contributed by atoms with Crippen LogP contribution in [0.25, 0.3) is 0 Å². The second-order valence-electron chi connectivity index (χ2n) is 7.97. The number of imidazole rings is 1. The van der Waals surface area contributed by atoms with Crippen LogP contribution >= 0.6 is 11.6 Å². The Kier molecular flexibility index (Phi) is 5.16. The average molecular weight is 446 g/mol. The Morgan fingerprint density at radius 1 is 1.16 bits per heavy atom. The molecule has 0 bridgehead atoms. The molecule has 0 radical (unpaired) electrons. The Bertz CT molecular complexity index is 1240. The first kappa shape index (κ1) is 20.3. The summed E-state index contributed by atoms with van der Waals surface area (Å²) in [5.74, 6) is 0.534. The number of anilines is 1. The Morgan fingerprint density at radius 2 is 1.97 bits per heavy atom. The normalized spacial score (nSPS) is 17.9. The fraction of sp³-hybridized carbons (Fsp3) is 0.250. The summed E-state index contributed by atoms with van der Waals surface area (Å²) in [6.07, 6.45) is 3.23. The number of fused-ring (bicyclic) bond motifs is 1. The second-order valence-corrected chi connectivity index (χ2v) is 8.41. The lowest BCUT2D eigenvalue weighted by Crippen LogP contribution is -2.52. The summed E-state index contributed by atoms with van der Waals surface area (Å²) in [5.41, 5.74) is 2.87. The van der Waals surface area contributed by atoms with Gasteiger partial charge in [-0.25, -0.2) is 4.98 Å². The molecule has 7 nitrogen and oxygen atoms in total. The molecule has 0 aliphatic carbocycles. The molecule has 2 aliphatic heterocycles. The molecular weight excluding hydrogens is 426 g/mol. The molecule has 160 valence electrons. The number of hydrogen-bond donors (Lipinski definition) is 0. The number of amides is 2. The molecule has 0 unspecified atom stereocenters. The molecule has 0 N–H and O–H groups in total. The number of carbonyl (C=O) groups is 2. The van der Waals surface area contributed by atoms with E-state index in [0.29, 0.717) is 29.4 Å². The zero-order valence-corrected chi connectivity index (χ0v) is 18.0. The van der Waals surface area contributed by atoms with Crippen molar-refractivity contribution < 1.29 is 9.59 Å². The fourth-order valence-electron chi connectivity index (χ4n) is 4.51. The van der Waals surface area contributed by atoms with Crippen molar-refractivity contribution >= 4 is 29.1 Å². The number of aromatic nitrogens is 2. The first-order valence-corrected chi connectivity index (χ1v) is 10.8. The van der Waals surface area contributed by atoms with Gasteiger partial charge < -0.3 is 14.4 Å². The number of rotatable bonds is 3. The van der Waals surface area contributed by atoms with Crippen molar-refractivity contribution in [1.29, 1.82) is 5.26 Å². The van der Waals surface area contributed by atoms with Gasteiger partial charge in [-0.2, -0.15) is 5.26 Å². The molecule has 1 atom stereocenters. The van der Waals surface area contributed by atoms with E-state index in [9.17, 15) is 9.59 Å². The van der Waals surface area contributed by atoms with Gasteiger partial charge in [-0.3, -0.25) is 9.59 Å². The number of benzene rings is 2. The third-order valence-electron chi connectivity index (χ3n) is 6.10. The van der Waals surface area contributed by atoms with E-state index in [1.54, 1.807) is 46.3 Å². The zero-order valence-electron chi connectivity index (χ0n) is 17.2. The molecule has 0 spiro atoms. The van der Waals surface area contributed by atoms with Crippen molar-refractivity contribution in [3.8, 4) is 6.07 Å². The molecule has 1 saturated heterocycles. The molecule has 1 fully saturated rings. The van der Waals surface area contributed by atoms with E-state index in [1.165, 1.54) is 0 Å². The van der Waals surface area contributed by atoms with E-state index in [2.05, 4.69) is 11.1 Å². The third kappa shape index (κ3) is 3.53. The predicted molar refractivity (Wildman–Crippen MR) is 120 cm³/mol. The molecule has 3 heterocycles. The first-order valence-electron chi connectivity index (χ1n) is 10.5. The maximum Gasteiger partial charge on any atom is 0.272 e. The molecule has 2 amide bonds. The second kappa shape index (κ2) is 8.13. The number of nitrogens with zero attached hydrogens (tertiary/aromatic N) is 5. The summed E-state index contributed by atoms with van der Waals surface area (Å²) in [4.78, 5) is 33.9. The number of carbonyl (C=O) groups excluding carboxylic acids is 2. The quantitative estimate of drug-likeness (QED) is 0.618. The summed E-state index contributed by atoms with van der Waals surface area (Å²) in [6, 6.07) is 16.7. The van der Waals surface area contributed by atoms with Gasteiger partial charge in [-0.05, 0) is 42.3 Å². The van der Waals surface area contributed by atoms with E-state index in [0.717, 1.165) is 29.9 Å². The van der Waals surface area contributed by atoms with Gasteiger partial charge in [-0.15, -0.1) is 0 Å². The summed E-state index contributed by atoms with van der Waals surface area (Å²) < 4.78 is 1.98. The molecule has 1 aromatic heterocycles. The van der Waals surface area contributed by atoms with Gasteiger partial charge in [0.15, 0.2) is 0 Å². The van der Waals surface area contributed by atoms with E-state index in [4.69, 9.17) is 16.9 Å². The first-order chi connectivity index (χ1) is 15.5. The third-order valence-corrected chi connectivity index (χ3v) is 6.33. The summed E-state index contributed by atoms with van der Waals surface area (Å²) in [5, 5.41) is 9.62. The summed E-state index contributed by atoms with van der Waals surface area (Å²) in [6.45, 7) is 0.845. The Hall–Kier alpha value is -3.63. The minimum absolute atomic E-state index is 0.00733. The smallest absolute Gasteiger partial charge is 0.272 e. The Morgan fingerprint density at radius 3 is 2.69 bits per heavy atom. The van der Waals surface area contributed by atoms with Crippen molar-refractivity contribution in [2.45, 2.75) is 18.9 Å². The Balaban J connectivity index is 1.36. The average Bonchev–Trinajstić information content (AvgIpc) is 3.41. The molecular formula is C24H20ClN5O2. The van der Waals surface area contributed by atoms with Crippen LogP contribution in [0.1, 0.15) is 39.9 Å². The van der Waals surface area contributed by atoms with Crippen LogP contribution in [0.15, 0.2) is 54.7 Å². The van der Waals surface area contributed by atoms with Crippen LogP contribution in [-0.2, 0) is 11.2 Å². The van der Waals surface area contributed by atoms with E-state index >= 15 is 0 Å². The highest BCUT2D eigenvalue weighted by molar-refractivity contribution is 6.30. The highest BCUT2D eigenvalue weighted by atomic mass is 35.5. The van der Waals surface area contributed by atoms with E-state index < -0.39 is 0 Å². The standard InChI is InChI=1S/C24H20ClN5O2/c25-18-2-1-3-19(12-18)29-11-10-28(15-23(29)31)24(32)21-14-27-22-9-8-20(30(21)22)17-6-4-16(13-26)5-7-17/h1-7,12,14,20H,8-11,15H2/t20-/m1/s1. The van der Waals surface area contributed by atoms with Crippen LogP contribution in [0.3, 0.4) is 0 Å². The SMILES string of the molecule is N#Cc1ccc([C@H]2CCc3ncc(C(=O)N4CCN(c5cccc(Cl)c5)C(=O)C4)n32)cc1. The largest absolute Gasteiger partial charge is 0.326 e. The van der Waals surface area contributed by atoms with Gasteiger partial charge in [0.2, 0.25) is 5.91 Å². The Labute approximate surface area is 190 Å². The molecule has 8 heteroatoms. The molecule has 2 aliphatic rings. The van der Waals surface area contributed by atoms with Crippen molar-refractivity contribution in [3.63, 3.8) is 0 Å². The minimum atomic E-state index is -0.191. The number of halogens is 1. The van der Waals surface area contributed by atoms with Gasteiger partial charge in [0, 0.05) is 30.2 Å². The van der Waals surface area contributed by atoms with E-state index in [1.807, 2.05) is 22.8 Å². The lowest BCUT2D eigenvalue weighted by Gasteiger charge is -2.34. The number of aryl methyl sites for hydroxylation is 1. The van der Waals surface area contributed by atoms with Crippen LogP contribution in [0, 0.1) is 11.3 Å². The summed E-state index contributed by atoms with van der Waals surface area (Å²) in [7, 11) is 0. The lowest BCUT2D eigenvalue weighted by atomic mass is 10.0. The van der Waals surface area contributed by atoms with Gasteiger partial charge in [-0.1, -0.05) is 29.8 Å². The van der Waals surface area contributed by atoms with Crippen molar-refractivity contribution in [3.05, 3.63) is 82.4 Å². The van der Waals surface area contributed by atoms with Crippen LogP contribution in [0.5, 0.6) is 0 Å². The highest BCUT2D eigenvalue weighted by Gasteiger charge is 2.34. The number of piperazine rings is 1. The minimum Gasteiger partial charge on any atom is -0.326 e. The fourth-order valence-corrected chi connectivity index (χ4v) is 4.69. The highest BCUT2D eigenvalue weighted by Crippen LogP contribution is 2.33. The van der Waals surface area contributed by atoms with Crippen LogP contribution in [0.2, 0.25) is 5.02 Å². The maximum atomic E-state index is 13.4. The van der Waals surface area contributed by atoms with Gasteiger partial charge >= 0.3 is 0 Å². The van der Waals surface area contributed by atoms with E-state index in [-0.39, 0.29) is 24.4 Å². The predicted octanol–water partition coefficient (Wildman–Crippen LogP) is 3.43. The number of hydrogen-bond acceptors (Lipinski definition) is 4. The van der Waals surface area contributed by atoms with Gasteiger partial charge in [0.25, 0.3) is 5.91 Å². The van der Waals surface area contributed by atoms with Crippen LogP contribution < -0.4 is 4.90 Å². The van der Waals surface area contributed by atoms with Crippen molar-refractivity contribution in [1.82, 2.24) is 14.5 Å². The molecule has 3 aromatic rings. The topological polar surface area (TPSA) is 82.2 Å². The molecule has 5 rings (SSSR count). The lowest BCUT2D eigenvalue weighted by molar-refractivity contribution is -0.120. The zero-order chi connectivity index (χ0) is 22.2. The molecule has 32 heavy (non-hydrogen) atoms.